The summed E-state index contributed by atoms with van der Waals surface area (Å²) < 4.78 is 1.80. The van der Waals surface area contributed by atoms with Crippen LogP contribution in [0.15, 0.2) is 30.6 Å². The number of thiazole rings is 1. The summed E-state index contributed by atoms with van der Waals surface area (Å²) in [4.78, 5) is 22.0. The molecule has 0 bridgehead atoms. The van der Waals surface area contributed by atoms with E-state index in [0.717, 1.165) is 22.0 Å². The molecule has 0 radical (unpaired) electrons. The minimum atomic E-state index is -0.122. The van der Waals surface area contributed by atoms with Crippen molar-refractivity contribution in [3.8, 4) is 10.7 Å². The van der Waals surface area contributed by atoms with Crippen LogP contribution in [0.25, 0.3) is 10.7 Å². The van der Waals surface area contributed by atoms with Gasteiger partial charge in [0.25, 0.3) is 5.91 Å². The monoisotopic (exact) mass is 341 g/mol. The van der Waals surface area contributed by atoms with Gasteiger partial charge in [0.05, 0.1) is 23.6 Å². The quantitative estimate of drug-likeness (QED) is 0.791. The Hall–Kier alpha value is -2.54. The lowest BCUT2D eigenvalue weighted by Gasteiger charge is -2.13. The molecule has 1 atom stereocenters. The molecule has 0 aliphatic carbocycles. The maximum absolute atomic E-state index is 12.6. The highest BCUT2D eigenvalue weighted by Gasteiger charge is 2.20. The second-order valence-electron chi connectivity index (χ2n) is 5.65. The lowest BCUT2D eigenvalue weighted by molar-refractivity contribution is 0.0943. The summed E-state index contributed by atoms with van der Waals surface area (Å²) >= 11 is 1.36. The van der Waals surface area contributed by atoms with Gasteiger partial charge in [0.1, 0.15) is 9.88 Å². The van der Waals surface area contributed by atoms with E-state index in [1.54, 1.807) is 17.1 Å². The average molecular weight is 341 g/mol. The number of aryl methyl sites for hydroxylation is 2. The third-order valence-corrected chi connectivity index (χ3v) is 5.15. The third-order valence-electron chi connectivity index (χ3n) is 3.97. The molecule has 1 N–H and O–H groups in total. The number of nitrogens with zero attached hydrogens (tertiary/aromatic N) is 4. The number of aromatic nitrogens is 4. The van der Waals surface area contributed by atoms with Gasteiger partial charge in [-0.25, -0.2) is 4.98 Å². The number of rotatable bonds is 4. The van der Waals surface area contributed by atoms with Crippen molar-refractivity contribution in [2.24, 2.45) is 7.05 Å². The molecule has 124 valence electrons. The summed E-state index contributed by atoms with van der Waals surface area (Å²) in [5.74, 6) is -0.122. The summed E-state index contributed by atoms with van der Waals surface area (Å²) in [5.41, 5.74) is 3.55. The standard InChI is InChI=1S/C17H19N5OS/c1-10(13-9-19-22(4)12(13)3)20-16(23)15-11(2)21-17(24-15)14-7-5-6-8-18-14/h5-10H,1-4H3,(H,20,23)/t10-/m0/s1. The van der Waals surface area contributed by atoms with E-state index in [0.29, 0.717) is 10.6 Å². The Balaban J connectivity index is 1.81. The number of carbonyl (C=O) groups is 1. The van der Waals surface area contributed by atoms with Crippen LogP contribution in [0.5, 0.6) is 0 Å². The fourth-order valence-electron chi connectivity index (χ4n) is 2.49. The molecule has 3 aromatic heterocycles. The molecule has 0 aliphatic rings. The van der Waals surface area contributed by atoms with Gasteiger partial charge in [-0.2, -0.15) is 5.10 Å². The van der Waals surface area contributed by atoms with Gasteiger partial charge in [0.2, 0.25) is 0 Å². The number of amides is 1. The smallest absolute Gasteiger partial charge is 0.263 e. The molecule has 3 rings (SSSR count). The topological polar surface area (TPSA) is 72.7 Å². The Bertz CT molecular complexity index is 868. The normalized spacial score (nSPS) is 12.2. The lowest BCUT2D eigenvalue weighted by atomic mass is 10.1. The van der Waals surface area contributed by atoms with E-state index in [-0.39, 0.29) is 11.9 Å². The molecule has 7 heteroatoms. The predicted molar refractivity (Wildman–Crippen MR) is 93.9 cm³/mol. The van der Waals surface area contributed by atoms with Crippen molar-refractivity contribution >= 4 is 17.2 Å². The Morgan fingerprint density at radius 2 is 2.12 bits per heavy atom. The fraction of sp³-hybridized carbons (Fsp3) is 0.294. The van der Waals surface area contributed by atoms with Crippen molar-refractivity contribution < 1.29 is 4.79 Å². The summed E-state index contributed by atoms with van der Waals surface area (Å²) in [6.45, 7) is 5.79. The van der Waals surface area contributed by atoms with Crippen LogP contribution in [0.1, 0.15) is 39.6 Å². The summed E-state index contributed by atoms with van der Waals surface area (Å²) in [6, 6.07) is 5.54. The van der Waals surface area contributed by atoms with Crippen LogP contribution in [0.2, 0.25) is 0 Å². The van der Waals surface area contributed by atoms with Gasteiger partial charge in [0.15, 0.2) is 0 Å². The molecule has 0 spiro atoms. The zero-order chi connectivity index (χ0) is 17.3. The summed E-state index contributed by atoms with van der Waals surface area (Å²) in [7, 11) is 1.89. The molecule has 3 aromatic rings. The highest BCUT2D eigenvalue weighted by atomic mass is 32.1. The number of hydrogen-bond acceptors (Lipinski definition) is 5. The van der Waals surface area contributed by atoms with E-state index >= 15 is 0 Å². The summed E-state index contributed by atoms with van der Waals surface area (Å²) in [5, 5.41) is 8.01. The molecule has 24 heavy (non-hydrogen) atoms. The Morgan fingerprint density at radius 1 is 1.33 bits per heavy atom. The number of nitrogens with one attached hydrogen (secondary N) is 1. The van der Waals surface area contributed by atoms with E-state index in [1.165, 1.54) is 11.3 Å². The molecule has 0 saturated carbocycles. The predicted octanol–water partition coefficient (Wildman–Crippen LogP) is 3.05. The van der Waals surface area contributed by atoms with Crippen molar-refractivity contribution in [2.45, 2.75) is 26.8 Å². The molecule has 0 fully saturated rings. The number of carbonyl (C=O) groups excluding carboxylic acids is 1. The van der Waals surface area contributed by atoms with Gasteiger partial charge >= 0.3 is 0 Å². The van der Waals surface area contributed by atoms with Crippen molar-refractivity contribution in [3.63, 3.8) is 0 Å². The average Bonchev–Trinajstić information content (AvgIpc) is 3.12. The van der Waals surface area contributed by atoms with Crippen molar-refractivity contribution in [1.82, 2.24) is 25.1 Å². The second kappa shape index (κ2) is 6.52. The van der Waals surface area contributed by atoms with Crippen LogP contribution in [0.4, 0.5) is 0 Å². The third kappa shape index (κ3) is 3.07. The van der Waals surface area contributed by atoms with Crippen LogP contribution < -0.4 is 5.32 Å². The zero-order valence-electron chi connectivity index (χ0n) is 14.1. The minimum Gasteiger partial charge on any atom is -0.345 e. The van der Waals surface area contributed by atoms with E-state index in [2.05, 4.69) is 20.4 Å². The number of pyridine rings is 1. The van der Waals surface area contributed by atoms with Gasteiger partial charge < -0.3 is 5.32 Å². The van der Waals surface area contributed by atoms with Crippen molar-refractivity contribution in [3.05, 3.63) is 52.4 Å². The highest BCUT2D eigenvalue weighted by molar-refractivity contribution is 7.17. The molecule has 0 aromatic carbocycles. The minimum absolute atomic E-state index is 0.119. The van der Waals surface area contributed by atoms with Crippen molar-refractivity contribution in [1.29, 1.82) is 0 Å². The van der Waals surface area contributed by atoms with Gasteiger partial charge in [-0.1, -0.05) is 6.07 Å². The molecular weight excluding hydrogens is 322 g/mol. The number of hydrogen-bond donors (Lipinski definition) is 1. The van der Waals surface area contributed by atoms with Gasteiger partial charge in [-0.15, -0.1) is 11.3 Å². The van der Waals surface area contributed by atoms with Crippen LogP contribution >= 0.6 is 11.3 Å². The van der Waals surface area contributed by atoms with Crippen LogP contribution in [0, 0.1) is 13.8 Å². The van der Waals surface area contributed by atoms with Crippen LogP contribution in [-0.4, -0.2) is 25.7 Å². The first-order valence-corrected chi connectivity index (χ1v) is 8.47. The van der Waals surface area contributed by atoms with E-state index in [4.69, 9.17) is 0 Å². The Kier molecular flexibility index (Phi) is 4.44. The molecule has 3 heterocycles. The molecule has 0 aliphatic heterocycles. The van der Waals surface area contributed by atoms with Gasteiger partial charge in [0, 0.05) is 24.5 Å². The first-order valence-electron chi connectivity index (χ1n) is 7.65. The molecule has 1 amide bonds. The largest absolute Gasteiger partial charge is 0.345 e. The molecule has 0 saturated heterocycles. The fourth-order valence-corrected chi connectivity index (χ4v) is 3.43. The maximum Gasteiger partial charge on any atom is 0.263 e. The van der Waals surface area contributed by atoms with E-state index < -0.39 is 0 Å². The van der Waals surface area contributed by atoms with Crippen molar-refractivity contribution in [2.75, 3.05) is 0 Å². The molecular formula is C17H19N5OS. The Labute approximate surface area is 144 Å². The van der Waals surface area contributed by atoms with Gasteiger partial charge in [-0.3, -0.25) is 14.5 Å². The van der Waals surface area contributed by atoms with Crippen LogP contribution in [-0.2, 0) is 7.05 Å². The summed E-state index contributed by atoms with van der Waals surface area (Å²) in [6.07, 6.45) is 3.51. The Morgan fingerprint density at radius 3 is 2.75 bits per heavy atom. The lowest BCUT2D eigenvalue weighted by Crippen LogP contribution is -2.26. The first-order chi connectivity index (χ1) is 11.5. The zero-order valence-corrected chi connectivity index (χ0v) is 14.9. The second-order valence-corrected chi connectivity index (χ2v) is 6.65. The SMILES string of the molecule is Cc1nc(-c2ccccn2)sc1C(=O)N[C@@H](C)c1cnn(C)c1C. The van der Waals surface area contributed by atoms with E-state index in [1.807, 2.05) is 46.0 Å². The van der Waals surface area contributed by atoms with Crippen LogP contribution in [0.3, 0.4) is 0 Å². The molecule has 0 unspecified atom stereocenters. The maximum atomic E-state index is 12.6. The molecule has 6 nitrogen and oxygen atoms in total. The highest BCUT2D eigenvalue weighted by Crippen LogP contribution is 2.27. The van der Waals surface area contributed by atoms with Gasteiger partial charge in [-0.05, 0) is 32.9 Å². The first kappa shape index (κ1) is 16.3. The van der Waals surface area contributed by atoms with E-state index in [9.17, 15) is 4.79 Å².